The van der Waals surface area contributed by atoms with Crippen LogP contribution in [-0.4, -0.2) is 4.98 Å². The quantitative estimate of drug-likeness (QED) is 0.165. The maximum absolute atomic E-state index is 7.76. The fourth-order valence-electron chi connectivity index (χ4n) is 7.90. The van der Waals surface area contributed by atoms with Gasteiger partial charge in [-0.3, -0.25) is 0 Å². The van der Waals surface area contributed by atoms with Crippen LogP contribution in [-0.2, 0) is 38.9 Å². The van der Waals surface area contributed by atoms with Crippen molar-refractivity contribution < 1.29 is 22.6 Å². The van der Waals surface area contributed by atoms with Crippen molar-refractivity contribution in [2.24, 2.45) is 0 Å². The fraction of sp³-hybridized carbons (Fsp3) is 0.481. The second kappa shape index (κ2) is 13.4. The van der Waals surface area contributed by atoms with Crippen LogP contribution >= 0.6 is 7.74 Å². The van der Waals surface area contributed by atoms with Gasteiger partial charge < -0.3 is 0 Å². The molecule has 0 radical (unpaired) electrons. The van der Waals surface area contributed by atoms with Crippen molar-refractivity contribution in [3.05, 3.63) is 117 Å². The number of hydrogen-bond acceptors (Lipinski definition) is 6. The van der Waals surface area contributed by atoms with Crippen molar-refractivity contribution >= 4 is 18.6 Å². The minimum absolute atomic E-state index is 0.140. The van der Waals surface area contributed by atoms with E-state index in [9.17, 15) is 0 Å². The first-order valence-electron chi connectivity index (χ1n) is 21.3. The van der Waals surface area contributed by atoms with E-state index in [0.29, 0.717) is 40.7 Å². The second-order valence-corrected chi connectivity index (χ2v) is 25.5. The summed E-state index contributed by atoms with van der Waals surface area (Å²) in [5.41, 5.74) is 7.75. The average Bonchev–Trinajstić information content (AvgIpc) is 3.40. The Kier molecular flexibility index (Phi) is 9.70. The van der Waals surface area contributed by atoms with Gasteiger partial charge >= 0.3 is 356 Å². The van der Waals surface area contributed by atoms with Crippen LogP contribution in [0, 0.1) is 0 Å². The standard InChI is InChI=1S/C52H68NO5P/c1-47(2,3)35-26-33-25-34-27-36(48(4,5)6)29-39(51(13,14)15)45(34)57-59(56-44(33)38(28-35)50(10,11)12,54-41-23-19-21-32-22-20-24-53-43(32)41)55-42-31-37(49(7,8)9)30-40(46(42)58-59)52(16,17)18/h19-24,26-31H,25H2,1-18H3. The van der Waals surface area contributed by atoms with E-state index in [4.69, 9.17) is 27.6 Å². The molecule has 0 aliphatic carbocycles. The van der Waals surface area contributed by atoms with Gasteiger partial charge in [0.2, 0.25) is 0 Å². The molecule has 0 N–H and O–H groups in total. The molecule has 7 heteroatoms. The van der Waals surface area contributed by atoms with E-state index in [1.165, 1.54) is 11.1 Å². The maximum atomic E-state index is 7.76. The van der Waals surface area contributed by atoms with Gasteiger partial charge in [0.15, 0.2) is 0 Å². The molecule has 0 unspecified atom stereocenters. The van der Waals surface area contributed by atoms with Crippen molar-refractivity contribution in [1.29, 1.82) is 0 Å². The Balaban J connectivity index is 1.69. The fourth-order valence-corrected chi connectivity index (χ4v) is 10.7. The Bertz CT molecular complexity index is 2390. The van der Waals surface area contributed by atoms with Crippen LogP contribution in [0.5, 0.6) is 28.7 Å². The molecular weight excluding hydrogens is 750 g/mol. The van der Waals surface area contributed by atoms with Crippen LogP contribution < -0.4 is 22.6 Å². The van der Waals surface area contributed by atoms with Crippen LogP contribution in [0.3, 0.4) is 0 Å². The number of aromatic nitrogens is 1. The summed E-state index contributed by atoms with van der Waals surface area (Å²) < 4.78 is 38.2. The number of hydrogen-bond donors (Lipinski definition) is 0. The third-order valence-electron chi connectivity index (χ3n) is 11.6. The van der Waals surface area contributed by atoms with Crippen LogP contribution in [0.15, 0.2) is 72.9 Å². The zero-order valence-corrected chi connectivity index (χ0v) is 40.0. The van der Waals surface area contributed by atoms with Gasteiger partial charge in [-0.2, -0.15) is 0 Å². The molecule has 1 aromatic heterocycles. The van der Waals surface area contributed by atoms with Crippen molar-refractivity contribution in [1.82, 2.24) is 4.98 Å². The van der Waals surface area contributed by atoms with Crippen molar-refractivity contribution in [3.63, 3.8) is 0 Å². The molecule has 2 aliphatic heterocycles. The Hall–Kier alpha value is -4.28. The van der Waals surface area contributed by atoms with Gasteiger partial charge in [-0.1, -0.05) is 0 Å². The van der Waals surface area contributed by atoms with Crippen LogP contribution in [0.4, 0.5) is 0 Å². The van der Waals surface area contributed by atoms with E-state index < -0.39 is 7.74 Å². The molecule has 3 heterocycles. The van der Waals surface area contributed by atoms with Gasteiger partial charge in [0.1, 0.15) is 0 Å². The summed E-state index contributed by atoms with van der Waals surface area (Å²) in [4.78, 5) is 4.85. The minimum atomic E-state index is -5.44. The number of benzene rings is 4. The Labute approximate surface area is 354 Å². The average molecular weight is 818 g/mol. The van der Waals surface area contributed by atoms with E-state index in [2.05, 4.69) is 161 Å². The zero-order chi connectivity index (χ0) is 43.5. The molecule has 0 bridgehead atoms. The van der Waals surface area contributed by atoms with E-state index >= 15 is 0 Å². The molecule has 7 rings (SSSR count). The molecule has 0 amide bonds. The summed E-state index contributed by atoms with van der Waals surface area (Å²) in [7, 11) is -5.44. The number of rotatable bonds is 2. The third kappa shape index (κ3) is 7.92. The van der Waals surface area contributed by atoms with Gasteiger partial charge in [0.25, 0.3) is 0 Å². The molecule has 0 atom stereocenters. The van der Waals surface area contributed by atoms with Gasteiger partial charge in [0.05, 0.1) is 0 Å². The SMILES string of the molecule is CC(C)(C)c1cc2c(c(C(C)(C)C)c1)OP1(Oc3cccc4cccnc34)(Oc3cc(C(C)(C)C)cc(C(C)(C)C)c3O1)Oc1c(cc(C(C)(C)C)cc1C(C)(C)C)C2. The third-order valence-corrected chi connectivity index (χ3v) is 14.0. The number of para-hydroxylation sites is 1. The van der Waals surface area contributed by atoms with Crippen molar-refractivity contribution in [2.45, 2.75) is 164 Å². The second-order valence-electron chi connectivity index (χ2n) is 23.1. The summed E-state index contributed by atoms with van der Waals surface area (Å²) in [6.07, 6.45) is 2.35. The summed E-state index contributed by atoms with van der Waals surface area (Å²) in [5, 5.41) is 0.909. The molecule has 316 valence electrons. The number of fused-ring (bicyclic) bond motifs is 4. The Morgan fingerprint density at radius 2 is 0.898 bits per heavy atom. The van der Waals surface area contributed by atoms with E-state index in [1.807, 2.05) is 30.3 Å². The van der Waals surface area contributed by atoms with Crippen LogP contribution in [0.1, 0.15) is 169 Å². The number of nitrogens with zero attached hydrogens (tertiary/aromatic N) is 1. The predicted octanol–water partition coefficient (Wildman–Crippen LogP) is 15.1. The normalized spacial score (nSPS) is 17.2. The van der Waals surface area contributed by atoms with Gasteiger partial charge in [-0.25, -0.2) is 0 Å². The topological polar surface area (TPSA) is 59.0 Å². The van der Waals surface area contributed by atoms with Crippen LogP contribution in [0.25, 0.3) is 10.9 Å². The first-order valence-corrected chi connectivity index (χ1v) is 23.1. The summed E-state index contributed by atoms with van der Waals surface area (Å²) >= 11 is 0. The predicted molar refractivity (Wildman–Crippen MR) is 246 cm³/mol. The van der Waals surface area contributed by atoms with E-state index in [-0.39, 0.29) is 32.5 Å². The van der Waals surface area contributed by atoms with Crippen molar-refractivity contribution in [2.75, 3.05) is 0 Å². The molecule has 0 saturated carbocycles. The number of pyridine rings is 1. The molecule has 0 fully saturated rings. The van der Waals surface area contributed by atoms with Gasteiger partial charge in [-0.15, -0.1) is 0 Å². The molecule has 0 saturated heterocycles. The zero-order valence-electron chi connectivity index (χ0n) is 39.1. The molecule has 1 spiro atoms. The summed E-state index contributed by atoms with van der Waals surface area (Å²) in [6.45, 7) is 40.3. The molecule has 6 nitrogen and oxygen atoms in total. The van der Waals surface area contributed by atoms with E-state index in [0.717, 1.165) is 38.8 Å². The molecular formula is C52H68NO5P. The first-order chi connectivity index (χ1) is 26.9. The molecule has 5 aromatic rings. The van der Waals surface area contributed by atoms with Crippen molar-refractivity contribution in [3.8, 4) is 28.7 Å². The molecule has 59 heavy (non-hydrogen) atoms. The Morgan fingerprint density at radius 3 is 1.36 bits per heavy atom. The van der Waals surface area contributed by atoms with E-state index in [1.54, 1.807) is 6.20 Å². The van der Waals surface area contributed by atoms with Gasteiger partial charge in [0, 0.05) is 0 Å². The monoisotopic (exact) mass is 817 g/mol. The van der Waals surface area contributed by atoms with Crippen LogP contribution in [0.2, 0.25) is 0 Å². The first kappa shape index (κ1) is 42.8. The van der Waals surface area contributed by atoms with Gasteiger partial charge in [-0.05, 0) is 0 Å². The summed E-state index contributed by atoms with van der Waals surface area (Å²) in [6, 6.07) is 23.4. The molecule has 2 aliphatic rings. The molecule has 4 aromatic carbocycles. The summed E-state index contributed by atoms with van der Waals surface area (Å²) in [5.74, 6) is 2.84. The Morgan fingerprint density at radius 1 is 0.475 bits per heavy atom.